The zero-order valence-corrected chi connectivity index (χ0v) is 9.82. The number of hydrogen-bond acceptors (Lipinski definition) is 2. The third kappa shape index (κ3) is 2.51. The van der Waals surface area contributed by atoms with Crippen LogP contribution in [0.5, 0.6) is 0 Å². The molecule has 1 aromatic carbocycles. The highest BCUT2D eigenvalue weighted by Crippen LogP contribution is 2.19. The lowest BCUT2D eigenvalue weighted by Gasteiger charge is -2.23. The highest BCUT2D eigenvalue weighted by molar-refractivity contribution is 5.98. The highest BCUT2D eigenvalue weighted by Gasteiger charge is 2.10. The zero-order valence-electron chi connectivity index (χ0n) is 9.82. The summed E-state index contributed by atoms with van der Waals surface area (Å²) in [6.07, 6.45) is 3.46. The molecule has 1 heterocycles. The molecule has 0 fully saturated rings. The number of hydrazone groups is 1. The minimum Gasteiger partial charge on any atom is -0.265 e. The summed E-state index contributed by atoms with van der Waals surface area (Å²) in [4.78, 5) is 0. The molecule has 1 aliphatic rings. The van der Waals surface area contributed by atoms with Crippen molar-refractivity contribution >= 4 is 11.4 Å². The molecule has 1 aliphatic heterocycles. The molecular formula is C14H18N2. The Bertz CT molecular complexity index is 392. The van der Waals surface area contributed by atoms with Gasteiger partial charge in [-0.15, -0.1) is 0 Å². The molecule has 0 radical (unpaired) electrons. The van der Waals surface area contributed by atoms with Gasteiger partial charge in [-0.3, -0.25) is 5.01 Å². The van der Waals surface area contributed by atoms with Gasteiger partial charge in [0.05, 0.1) is 11.4 Å². The number of hydrogen-bond donors (Lipinski definition) is 0. The summed E-state index contributed by atoms with van der Waals surface area (Å²) < 4.78 is 0. The van der Waals surface area contributed by atoms with Crippen LogP contribution in [0.1, 0.15) is 26.2 Å². The van der Waals surface area contributed by atoms with E-state index in [1.807, 2.05) is 25.1 Å². The predicted molar refractivity (Wildman–Crippen MR) is 69.9 cm³/mol. The molecule has 2 rings (SSSR count). The van der Waals surface area contributed by atoms with Crippen molar-refractivity contribution < 1.29 is 0 Å². The van der Waals surface area contributed by atoms with Crippen molar-refractivity contribution in [2.24, 2.45) is 5.10 Å². The first-order chi connectivity index (χ1) is 7.77. The van der Waals surface area contributed by atoms with Gasteiger partial charge in [-0.1, -0.05) is 24.8 Å². The van der Waals surface area contributed by atoms with Gasteiger partial charge in [0.15, 0.2) is 0 Å². The van der Waals surface area contributed by atoms with Crippen LogP contribution in [-0.4, -0.2) is 12.3 Å². The SMILES string of the molecule is C=C1CCCCN(c2ccccc2)/N=C\1C. The third-order valence-electron chi connectivity index (χ3n) is 2.94. The van der Waals surface area contributed by atoms with Gasteiger partial charge >= 0.3 is 0 Å². The molecule has 0 atom stereocenters. The molecule has 0 saturated carbocycles. The van der Waals surface area contributed by atoms with Crippen molar-refractivity contribution in [3.63, 3.8) is 0 Å². The average Bonchev–Trinajstić information content (AvgIpc) is 2.31. The van der Waals surface area contributed by atoms with Crippen molar-refractivity contribution in [2.75, 3.05) is 11.6 Å². The molecule has 1 aromatic rings. The fraction of sp³-hybridized carbons (Fsp3) is 0.357. The Balaban J connectivity index is 2.26. The van der Waals surface area contributed by atoms with Crippen LogP contribution in [0.25, 0.3) is 0 Å². The molecule has 0 bridgehead atoms. The summed E-state index contributed by atoms with van der Waals surface area (Å²) in [7, 11) is 0. The summed E-state index contributed by atoms with van der Waals surface area (Å²) in [6.45, 7) is 7.11. The molecule has 0 N–H and O–H groups in total. The van der Waals surface area contributed by atoms with Crippen molar-refractivity contribution in [3.05, 3.63) is 42.5 Å². The quantitative estimate of drug-likeness (QED) is 0.697. The Morgan fingerprint density at radius 3 is 2.69 bits per heavy atom. The van der Waals surface area contributed by atoms with Crippen molar-refractivity contribution in [1.29, 1.82) is 0 Å². The van der Waals surface area contributed by atoms with Crippen LogP contribution in [0.4, 0.5) is 5.69 Å². The molecule has 0 aromatic heterocycles. The molecule has 0 aliphatic carbocycles. The fourth-order valence-electron chi connectivity index (χ4n) is 1.87. The van der Waals surface area contributed by atoms with Gasteiger partial charge in [-0.2, -0.15) is 5.10 Å². The Morgan fingerprint density at radius 1 is 1.19 bits per heavy atom. The molecule has 2 nitrogen and oxygen atoms in total. The first kappa shape index (κ1) is 10.9. The van der Waals surface area contributed by atoms with E-state index in [9.17, 15) is 0 Å². The van der Waals surface area contributed by atoms with Crippen LogP contribution in [0, 0.1) is 0 Å². The van der Waals surface area contributed by atoms with Crippen LogP contribution in [-0.2, 0) is 0 Å². The predicted octanol–water partition coefficient (Wildman–Crippen LogP) is 3.61. The smallest absolute Gasteiger partial charge is 0.0604 e. The number of benzene rings is 1. The normalized spacial score (nSPS) is 20.9. The number of para-hydroxylation sites is 1. The average molecular weight is 214 g/mol. The number of anilines is 1. The van der Waals surface area contributed by atoms with Gasteiger partial charge in [-0.05, 0) is 43.9 Å². The summed E-state index contributed by atoms with van der Waals surface area (Å²) in [5.41, 5.74) is 3.39. The minimum absolute atomic E-state index is 0.995. The maximum atomic E-state index is 4.64. The Morgan fingerprint density at radius 2 is 1.94 bits per heavy atom. The molecule has 0 unspecified atom stereocenters. The Kier molecular flexibility index (Phi) is 3.40. The van der Waals surface area contributed by atoms with Crippen LogP contribution in [0.3, 0.4) is 0 Å². The van der Waals surface area contributed by atoms with Crippen molar-refractivity contribution in [3.8, 4) is 0 Å². The van der Waals surface area contributed by atoms with Gasteiger partial charge < -0.3 is 0 Å². The summed E-state index contributed by atoms with van der Waals surface area (Å²) >= 11 is 0. The van der Waals surface area contributed by atoms with E-state index in [4.69, 9.17) is 0 Å². The Labute approximate surface area is 97.3 Å². The third-order valence-corrected chi connectivity index (χ3v) is 2.94. The monoisotopic (exact) mass is 214 g/mol. The molecule has 0 amide bonds. The molecule has 84 valence electrons. The van der Waals surface area contributed by atoms with E-state index in [2.05, 4.69) is 28.8 Å². The van der Waals surface area contributed by atoms with Gasteiger partial charge in [0.2, 0.25) is 0 Å². The first-order valence-electron chi connectivity index (χ1n) is 5.83. The van der Waals surface area contributed by atoms with Gasteiger partial charge in [0, 0.05) is 6.54 Å². The number of nitrogens with zero attached hydrogens (tertiary/aromatic N) is 2. The van der Waals surface area contributed by atoms with Crippen LogP contribution in [0.2, 0.25) is 0 Å². The van der Waals surface area contributed by atoms with Gasteiger partial charge in [-0.25, -0.2) is 0 Å². The first-order valence-corrected chi connectivity index (χ1v) is 5.83. The topological polar surface area (TPSA) is 15.6 Å². The molecule has 0 saturated heterocycles. The molecule has 16 heavy (non-hydrogen) atoms. The van der Waals surface area contributed by atoms with E-state index in [1.165, 1.54) is 18.4 Å². The van der Waals surface area contributed by atoms with Crippen molar-refractivity contribution in [1.82, 2.24) is 0 Å². The van der Waals surface area contributed by atoms with E-state index in [-0.39, 0.29) is 0 Å². The summed E-state index contributed by atoms with van der Waals surface area (Å²) in [5.74, 6) is 0. The largest absolute Gasteiger partial charge is 0.265 e. The number of rotatable bonds is 1. The standard InChI is InChI=1S/C14H18N2/c1-12-8-6-7-11-16(15-13(12)2)14-9-4-3-5-10-14/h3-5,9-10H,1,6-8,11H2,2H3/b15-13-. The van der Waals surface area contributed by atoms with Crippen LogP contribution < -0.4 is 5.01 Å². The maximum Gasteiger partial charge on any atom is 0.0604 e. The number of allylic oxidation sites excluding steroid dienone is 1. The lowest BCUT2D eigenvalue weighted by molar-refractivity contribution is 0.692. The molecule has 2 heteroatoms. The van der Waals surface area contributed by atoms with E-state index in [0.29, 0.717) is 0 Å². The zero-order chi connectivity index (χ0) is 11.4. The second-order valence-electron chi connectivity index (χ2n) is 4.20. The molecular weight excluding hydrogens is 196 g/mol. The van der Waals surface area contributed by atoms with Gasteiger partial charge in [0.1, 0.15) is 0 Å². The minimum atomic E-state index is 0.995. The molecule has 0 spiro atoms. The summed E-state index contributed by atoms with van der Waals surface area (Å²) in [6, 6.07) is 10.3. The van der Waals surface area contributed by atoms with E-state index in [0.717, 1.165) is 24.4 Å². The summed E-state index contributed by atoms with van der Waals surface area (Å²) in [5, 5.41) is 6.72. The highest BCUT2D eigenvalue weighted by atomic mass is 15.5. The lowest BCUT2D eigenvalue weighted by atomic mass is 10.1. The Hall–Kier alpha value is -1.57. The maximum absolute atomic E-state index is 4.64. The van der Waals surface area contributed by atoms with E-state index in [1.54, 1.807) is 0 Å². The van der Waals surface area contributed by atoms with E-state index >= 15 is 0 Å². The van der Waals surface area contributed by atoms with E-state index < -0.39 is 0 Å². The van der Waals surface area contributed by atoms with Crippen molar-refractivity contribution in [2.45, 2.75) is 26.2 Å². The fourth-order valence-corrected chi connectivity index (χ4v) is 1.87. The van der Waals surface area contributed by atoms with Gasteiger partial charge in [0.25, 0.3) is 0 Å². The lowest BCUT2D eigenvalue weighted by Crippen LogP contribution is -2.22. The second-order valence-corrected chi connectivity index (χ2v) is 4.20. The second kappa shape index (κ2) is 4.97. The van der Waals surface area contributed by atoms with Crippen LogP contribution in [0.15, 0.2) is 47.6 Å². The van der Waals surface area contributed by atoms with Crippen LogP contribution >= 0.6 is 0 Å².